The molecule has 0 radical (unpaired) electrons. The average Bonchev–Trinajstić information content (AvgIpc) is 2.91. The second kappa shape index (κ2) is 4.02. The topological polar surface area (TPSA) is 32.3 Å². The third-order valence-electron chi connectivity index (χ3n) is 4.73. The molecule has 1 spiro atoms. The van der Waals surface area contributed by atoms with E-state index in [0.717, 1.165) is 19.5 Å². The van der Waals surface area contributed by atoms with Gasteiger partial charge in [0.25, 0.3) is 0 Å². The van der Waals surface area contributed by atoms with Crippen LogP contribution in [0, 0.1) is 0 Å². The predicted octanol–water partition coefficient (Wildman–Crippen LogP) is 2.02. The number of hydrogen-bond acceptors (Lipinski definition) is 2. The van der Waals surface area contributed by atoms with Crippen molar-refractivity contribution in [3.8, 4) is 0 Å². The van der Waals surface area contributed by atoms with E-state index in [1.165, 1.54) is 44.9 Å². The molecule has 3 heteroatoms. The molecule has 3 nitrogen and oxygen atoms in total. The van der Waals surface area contributed by atoms with E-state index in [-0.39, 0.29) is 5.54 Å². The highest BCUT2D eigenvalue weighted by atomic mass is 16.2. The Balaban J connectivity index is 1.71. The van der Waals surface area contributed by atoms with E-state index >= 15 is 0 Å². The summed E-state index contributed by atoms with van der Waals surface area (Å²) >= 11 is 0. The molecule has 2 aliphatic carbocycles. The van der Waals surface area contributed by atoms with Crippen LogP contribution in [0.2, 0.25) is 0 Å². The van der Waals surface area contributed by atoms with Gasteiger partial charge in [0, 0.05) is 6.04 Å². The Morgan fingerprint density at radius 3 is 2.44 bits per heavy atom. The van der Waals surface area contributed by atoms with Crippen LogP contribution >= 0.6 is 0 Å². The standard InChI is InChI=1S/C13H22N2O/c16-12-13(8-4-5-9-13)14-10-15(12)11-6-2-1-3-7-11/h11,14H,1-10H2. The normalized spacial score (nSPS) is 30.5. The van der Waals surface area contributed by atoms with Gasteiger partial charge in [0.1, 0.15) is 0 Å². The zero-order valence-electron chi connectivity index (χ0n) is 10.0. The molecular weight excluding hydrogens is 200 g/mol. The Morgan fingerprint density at radius 1 is 1.06 bits per heavy atom. The average molecular weight is 222 g/mol. The molecule has 90 valence electrons. The van der Waals surface area contributed by atoms with Gasteiger partial charge in [0.05, 0.1) is 12.2 Å². The minimum atomic E-state index is -0.141. The summed E-state index contributed by atoms with van der Waals surface area (Å²) in [6.45, 7) is 0.809. The minimum Gasteiger partial charge on any atom is -0.325 e. The maximum absolute atomic E-state index is 12.5. The van der Waals surface area contributed by atoms with Crippen LogP contribution in [0.1, 0.15) is 57.8 Å². The molecular formula is C13H22N2O. The van der Waals surface area contributed by atoms with Gasteiger partial charge >= 0.3 is 0 Å². The number of rotatable bonds is 1. The lowest BCUT2D eigenvalue weighted by Gasteiger charge is -2.31. The van der Waals surface area contributed by atoms with Gasteiger partial charge in [-0.3, -0.25) is 10.1 Å². The van der Waals surface area contributed by atoms with Crippen LogP contribution in [0.5, 0.6) is 0 Å². The fourth-order valence-electron chi connectivity index (χ4n) is 3.72. The molecule has 1 N–H and O–H groups in total. The summed E-state index contributed by atoms with van der Waals surface area (Å²) in [6, 6.07) is 0.536. The van der Waals surface area contributed by atoms with Gasteiger partial charge in [-0.15, -0.1) is 0 Å². The number of amides is 1. The lowest BCUT2D eigenvalue weighted by atomic mass is 9.92. The van der Waals surface area contributed by atoms with Gasteiger partial charge in [0.2, 0.25) is 5.91 Å². The van der Waals surface area contributed by atoms with Crippen molar-refractivity contribution in [3.63, 3.8) is 0 Å². The van der Waals surface area contributed by atoms with Gasteiger partial charge in [-0.25, -0.2) is 0 Å². The van der Waals surface area contributed by atoms with Crippen molar-refractivity contribution in [2.24, 2.45) is 0 Å². The molecule has 1 heterocycles. The predicted molar refractivity (Wildman–Crippen MR) is 62.9 cm³/mol. The van der Waals surface area contributed by atoms with Crippen LogP contribution in [-0.4, -0.2) is 29.1 Å². The first-order valence-corrected chi connectivity index (χ1v) is 6.88. The number of carbonyl (C=O) groups excluding carboxylic acids is 1. The summed E-state index contributed by atoms with van der Waals surface area (Å²) < 4.78 is 0. The molecule has 3 aliphatic rings. The highest BCUT2D eigenvalue weighted by Gasteiger charge is 2.49. The summed E-state index contributed by atoms with van der Waals surface area (Å²) in [5.41, 5.74) is -0.141. The first-order chi connectivity index (χ1) is 7.82. The molecule has 0 atom stereocenters. The van der Waals surface area contributed by atoms with Crippen LogP contribution in [0.3, 0.4) is 0 Å². The summed E-state index contributed by atoms with van der Waals surface area (Å²) in [5, 5.41) is 3.51. The van der Waals surface area contributed by atoms with Gasteiger partial charge in [-0.1, -0.05) is 32.1 Å². The van der Waals surface area contributed by atoms with E-state index < -0.39 is 0 Å². The molecule has 0 aromatic rings. The fourth-order valence-corrected chi connectivity index (χ4v) is 3.72. The first kappa shape index (κ1) is 10.6. The van der Waals surface area contributed by atoms with E-state index in [2.05, 4.69) is 10.2 Å². The molecule has 0 aromatic carbocycles. The first-order valence-electron chi connectivity index (χ1n) is 6.88. The molecule has 0 bridgehead atoms. The maximum atomic E-state index is 12.5. The molecule has 1 saturated heterocycles. The van der Waals surface area contributed by atoms with Crippen molar-refractivity contribution in [2.75, 3.05) is 6.67 Å². The Bertz CT molecular complexity index is 278. The Labute approximate surface area is 97.6 Å². The SMILES string of the molecule is O=C1N(C2CCCCC2)CNC12CCCC2. The van der Waals surface area contributed by atoms with Crippen LogP contribution in [0.15, 0.2) is 0 Å². The maximum Gasteiger partial charge on any atom is 0.244 e. The van der Waals surface area contributed by atoms with Gasteiger partial charge in [-0.05, 0) is 25.7 Å². The number of nitrogens with zero attached hydrogens (tertiary/aromatic N) is 1. The highest BCUT2D eigenvalue weighted by molar-refractivity contribution is 5.89. The Hall–Kier alpha value is -0.570. The van der Waals surface area contributed by atoms with E-state index in [4.69, 9.17) is 0 Å². The molecule has 2 saturated carbocycles. The fraction of sp³-hybridized carbons (Fsp3) is 0.923. The quantitative estimate of drug-likeness (QED) is 0.736. The van der Waals surface area contributed by atoms with Crippen molar-refractivity contribution in [2.45, 2.75) is 69.4 Å². The minimum absolute atomic E-state index is 0.141. The third-order valence-corrected chi connectivity index (χ3v) is 4.73. The summed E-state index contributed by atoms with van der Waals surface area (Å²) in [7, 11) is 0. The number of hydrogen-bond donors (Lipinski definition) is 1. The second-order valence-electron chi connectivity index (χ2n) is 5.69. The number of nitrogens with one attached hydrogen (secondary N) is 1. The highest BCUT2D eigenvalue weighted by Crippen LogP contribution is 2.36. The van der Waals surface area contributed by atoms with Crippen LogP contribution in [-0.2, 0) is 4.79 Å². The van der Waals surface area contributed by atoms with Crippen molar-refractivity contribution >= 4 is 5.91 Å². The lowest BCUT2D eigenvalue weighted by molar-refractivity contribution is -0.134. The molecule has 16 heavy (non-hydrogen) atoms. The van der Waals surface area contributed by atoms with E-state index in [1.807, 2.05) is 0 Å². The zero-order chi connectivity index (χ0) is 11.0. The summed E-state index contributed by atoms with van der Waals surface area (Å²) in [4.78, 5) is 14.6. The summed E-state index contributed by atoms with van der Waals surface area (Å²) in [6.07, 6.45) is 11.0. The van der Waals surface area contributed by atoms with Crippen LogP contribution in [0.25, 0.3) is 0 Å². The molecule has 0 aromatic heterocycles. The van der Waals surface area contributed by atoms with Gasteiger partial charge in [-0.2, -0.15) is 0 Å². The third kappa shape index (κ3) is 1.56. The lowest BCUT2D eigenvalue weighted by Crippen LogP contribution is -2.46. The summed E-state index contributed by atoms with van der Waals surface area (Å²) in [5.74, 6) is 0.414. The second-order valence-corrected chi connectivity index (χ2v) is 5.69. The van der Waals surface area contributed by atoms with Crippen molar-refractivity contribution in [3.05, 3.63) is 0 Å². The Kier molecular flexibility index (Phi) is 2.66. The largest absolute Gasteiger partial charge is 0.325 e. The molecule has 3 rings (SSSR count). The number of carbonyl (C=O) groups is 1. The monoisotopic (exact) mass is 222 g/mol. The smallest absolute Gasteiger partial charge is 0.244 e. The van der Waals surface area contributed by atoms with Gasteiger partial charge < -0.3 is 4.90 Å². The molecule has 1 aliphatic heterocycles. The van der Waals surface area contributed by atoms with Crippen molar-refractivity contribution in [1.82, 2.24) is 10.2 Å². The molecule has 3 fully saturated rings. The zero-order valence-corrected chi connectivity index (χ0v) is 10.0. The van der Waals surface area contributed by atoms with Crippen LogP contribution in [0.4, 0.5) is 0 Å². The van der Waals surface area contributed by atoms with Crippen molar-refractivity contribution in [1.29, 1.82) is 0 Å². The van der Waals surface area contributed by atoms with E-state index in [9.17, 15) is 4.79 Å². The van der Waals surface area contributed by atoms with Crippen molar-refractivity contribution < 1.29 is 4.79 Å². The molecule has 0 unspecified atom stereocenters. The van der Waals surface area contributed by atoms with Gasteiger partial charge in [0.15, 0.2) is 0 Å². The van der Waals surface area contributed by atoms with E-state index in [1.54, 1.807) is 0 Å². The molecule has 1 amide bonds. The van der Waals surface area contributed by atoms with Crippen LogP contribution < -0.4 is 5.32 Å². The Morgan fingerprint density at radius 2 is 1.75 bits per heavy atom. The van der Waals surface area contributed by atoms with E-state index in [0.29, 0.717) is 11.9 Å².